The molecule has 0 aliphatic carbocycles. The van der Waals surface area contributed by atoms with E-state index in [1.54, 1.807) is 31.2 Å². The van der Waals surface area contributed by atoms with Crippen LogP contribution in [0, 0.1) is 12.7 Å². The Balaban J connectivity index is 2.00. The molecule has 24 heavy (non-hydrogen) atoms. The lowest BCUT2D eigenvalue weighted by molar-refractivity contribution is 0.465. The predicted octanol–water partition coefficient (Wildman–Crippen LogP) is 3.74. The molecule has 1 aromatic heterocycles. The van der Waals surface area contributed by atoms with Crippen LogP contribution in [0.1, 0.15) is 5.69 Å². The van der Waals surface area contributed by atoms with Crippen LogP contribution in [0.3, 0.4) is 0 Å². The normalized spacial score (nSPS) is 11.5. The second-order valence-corrected chi connectivity index (χ2v) is 6.94. The Bertz CT molecular complexity index is 988. The molecule has 0 atom stereocenters. The van der Waals surface area contributed by atoms with Gasteiger partial charge in [0.25, 0.3) is 0 Å². The van der Waals surface area contributed by atoms with Gasteiger partial charge in [-0.2, -0.15) is 18.2 Å². The maximum atomic E-state index is 13.2. The van der Waals surface area contributed by atoms with Crippen molar-refractivity contribution in [3.05, 3.63) is 71.1 Å². The Morgan fingerprint density at radius 2 is 1.83 bits per heavy atom. The van der Waals surface area contributed by atoms with Crippen molar-refractivity contribution in [3.63, 3.8) is 0 Å². The minimum atomic E-state index is -4.18. The van der Waals surface area contributed by atoms with Gasteiger partial charge < -0.3 is 4.18 Å². The Morgan fingerprint density at radius 1 is 1.12 bits per heavy atom. The molecule has 0 aliphatic heterocycles. The minimum Gasteiger partial charge on any atom is -0.358 e. The number of hydrogen-bond donors (Lipinski definition) is 0. The van der Waals surface area contributed by atoms with Gasteiger partial charge in [0.2, 0.25) is 5.88 Å². The number of aryl methyl sites for hydroxylation is 1. The van der Waals surface area contributed by atoms with Crippen molar-refractivity contribution in [2.45, 2.75) is 11.8 Å². The molecule has 8 heteroatoms. The molecule has 124 valence electrons. The lowest BCUT2D eigenvalue weighted by Gasteiger charge is -2.09. The third-order valence-corrected chi connectivity index (χ3v) is 4.69. The summed E-state index contributed by atoms with van der Waals surface area (Å²) in [4.78, 5) is -0.243. The number of hydrogen-bond acceptors (Lipinski definition) is 4. The second kappa shape index (κ2) is 6.26. The summed E-state index contributed by atoms with van der Waals surface area (Å²) in [6.07, 6.45) is 0. The molecule has 0 unspecified atom stereocenters. The van der Waals surface area contributed by atoms with Gasteiger partial charge in [-0.25, -0.2) is 4.39 Å². The molecule has 0 amide bonds. The average Bonchev–Trinajstić information content (AvgIpc) is 2.90. The summed E-state index contributed by atoms with van der Waals surface area (Å²) in [6, 6.07) is 13.5. The van der Waals surface area contributed by atoms with Gasteiger partial charge in [-0.1, -0.05) is 29.8 Å². The fourth-order valence-corrected chi connectivity index (χ4v) is 3.26. The SMILES string of the molecule is Cc1cc(OS(=O)(=O)c2ccc(F)c(Cl)c2)n(-c2ccccc2)n1. The lowest BCUT2D eigenvalue weighted by atomic mass is 10.3. The van der Waals surface area contributed by atoms with Gasteiger partial charge in [-0.15, -0.1) is 0 Å². The summed E-state index contributed by atoms with van der Waals surface area (Å²) in [5, 5.41) is 3.93. The van der Waals surface area contributed by atoms with Crippen LogP contribution < -0.4 is 4.18 Å². The van der Waals surface area contributed by atoms with E-state index in [0.717, 1.165) is 18.2 Å². The van der Waals surface area contributed by atoms with Crippen LogP contribution in [0.4, 0.5) is 4.39 Å². The minimum absolute atomic E-state index is 0.0270. The quantitative estimate of drug-likeness (QED) is 0.660. The fourth-order valence-electron chi connectivity index (χ4n) is 2.08. The Kier molecular flexibility index (Phi) is 4.29. The summed E-state index contributed by atoms with van der Waals surface area (Å²) in [7, 11) is -4.18. The van der Waals surface area contributed by atoms with Crippen molar-refractivity contribution in [2.24, 2.45) is 0 Å². The molecule has 2 aromatic carbocycles. The van der Waals surface area contributed by atoms with E-state index < -0.39 is 15.9 Å². The summed E-state index contributed by atoms with van der Waals surface area (Å²) in [5.41, 5.74) is 1.23. The van der Waals surface area contributed by atoms with Gasteiger partial charge in [0.1, 0.15) is 10.7 Å². The standard InChI is InChI=1S/C16H12ClFN2O3S/c1-11-9-16(20(19-11)12-5-3-2-4-6-12)23-24(21,22)13-7-8-15(18)14(17)10-13/h2-10H,1H3. The number of para-hydroxylation sites is 1. The van der Waals surface area contributed by atoms with Crippen LogP contribution in [-0.4, -0.2) is 18.2 Å². The first kappa shape index (κ1) is 16.5. The second-order valence-electron chi connectivity index (χ2n) is 4.98. The number of rotatable bonds is 4. The molecule has 3 aromatic rings. The molecule has 0 fully saturated rings. The Labute approximate surface area is 143 Å². The number of aromatic nitrogens is 2. The smallest absolute Gasteiger partial charge is 0.340 e. The van der Waals surface area contributed by atoms with Crippen LogP contribution in [0.2, 0.25) is 5.02 Å². The molecule has 3 rings (SSSR count). The van der Waals surface area contributed by atoms with Gasteiger partial charge in [0.05, 0.1) is 16.4 Å². The van der Waals surface area contributed by atoms with Crippen molar-refractivity contribution in [2.75, 3.05) is 0 Å². The van der Waals surface area contributed by atoms with E-state index in [0.29, 0.717) is 11.4 Å². The fraction of sp³-hybridized carbons (Fsp3) is 0.0625. The molecule has 0 saturated heterocycles. The van der Waals surface area contributed by atoms with Gasteiger partial charge in [-0.3, -0.25) is 0 Å². The van der Waals surface area contributed by atoms with Crippen molar-refractivity contribution in [3.8, 4) is 11.6 Å². The van der Waals surface area contributed by atoms with Gasteiger partial charge in [0.15, 0.2) is 0 Å². The number of halogens is 2. The zero-order valence-electron chi connectivity index (χ0n) is 12.5. The molecule has 0 saturated carbocycles. The maximum Gasteiger partial charge on any atom is 0.340 e. The molecular formula is C16H12ClFN2O3S. The first-order valence-electron chi connectivity index (χ1n) is 6.88. The van der Waals surface area contributed by atoms with E-state index in [-0.39, 0.29) is 15.8 Å². The monoisotopic (exact) mass is 366 g/mol. The molecule has 0 bridgehead atoms. The van der Waals surface area contributed by atoms with Crippen LogP contribution in [0.25, 0.3) is 5.69 Å². The van der Waals surface area contributed by atoms with E-state index in [1.807, 2.05) is 6.07 Å². The van der Waals surface area contributed by atoms with Gasteiger partial charge in [0, 0.05) is 6.07 Å². The first-order chi connectivity index (χ1) is 11.4. The van der Waals surface area contributed by atoms with Crippen LogP contribution in [0.5, 0.6) is 5.88 Å². The highest BCUT2D eigenvalue weighted by Crippen LogP contribution is 2.25. The zero-order valence-corrected chi connectivity index (χ0v) is 14.1. The highest BCUT2D eigenvalue weighted by molar-refractivity contribution is 7.87. The van der Waals surface area contributed by atoms with Crippen LogP contribution >= 0.6 is 11.6 Å². The largest absolute Gasteiger partial charge is 0.358 e. The Hall–Kier alpha value is -2.38. The average molecular weight is 367 g/mol. The molecule has 1 heterocycles. The summed E-state index contributed by atoms with van der Waals surface area (Å²) in [6.45, 7) is 1.72. The molecule has 0 radical (unpaired) electrons. The van der Waals surface area contributed by atoms with Crippen molar-refractivity contribution < 1.29 is 17.0 Å². The first-order valence-corrected chi connectivity index (χ1v) is 8.67. The summed E-state index contributed by atoms with van der Waals surface area (Å²) < 4.78 is 44.6. The summed E-state index contributed by atoms with van der Waals surface area (Å²) in [5.74, 6) is -0.681. The van der Waals surface area contributed by atoms with Crippen LogP contribution in [0.15, 0.2) is 59.5 Å². The van der Waals surface area contributed by atoms with Crippen LogP contribution in [-0.2, 0) is 10.1 Å². The van der Waals surface area contributed by atoms with Gasteiger partial charge >= 0.3 is 10.1 Å². The van der Waals surface area contributed by atoms with E-state index in [9.17, 15) is 12.8 Å². The van der Waals surface area contributed by atoms with Crippen molar-refractivity contribution in [1.29, 1.82) is 0 Å². The topological polar surface area (TPSA) is 61.2 Å². The maximum absolute atomic E-state index is 13.2. The van der Waals surface area contributed by atoms with E-state index in [1.165, 1.54) is 10.7 Å². The molecular weight excluding hydrogens is 355 g/mol. The number of benzene rings is 2. The zero-order chi connectivity index (χ0) is 17.3. The van der Waals surface area contributed by atoms with E-state index >= 15 is 0 Å². The van der Waals surface area contributed by atoms with Crippen molar-refractivity contribution in [1.82, 2.24) is 9.78 Å². The molecule has 0 spiro atoms. The molecule has 5 nitrogen and oxygen atoms in total. The predicted molar refractivity (Wildman–Crippen MR) is 87.5 cm³/mol. The highest BCUT2D eigenvalue weighted by Gasteiger charge is 2.21. The van der Waals surface area contributed by atoms with Crippen molar-refractivity contribution >= 4 is 21.7 Å². The lowest BCUT2D eigenvalue weighted by Crippen LogP contribution is -2.12. The molecule has 0 N–H and O–H groups in total. The molecule has 0 aliphatic rings. The Morgan fingerprint density at radius 3 is 2.50 bits per heavy atom. The number of nitrogens with zero attached hydrogens (tertiary/aromatic N) is 2. The van der Waals surface area contributed by atoms with E-state index in [4.69, 9.17) is 15.8 Å². The third kappa shape index (κ3) is 3.27. The highest BCUT2D eigenvalue weighted by atomic mass is 35.5. The van der Waals surface area contributed by atoms with E-state index in [2.05, 4.69) is 5.10 Å². The summed E-state index contributed by atoms with van der Waals surface area (Å²) >= 11 is 5.64. The third-order valence-electron chi connectivity index (χ3n) is 3.17. The van der Waals surface area contributed by atoms with Gasteiger partial charge in [-0.05, 0) is 37.3 Å².